The van der Waals surface area contributed by atoms with Crippen molar-refractivity contribution in [1.29, 1.82) is 0 Å². The quantitative estimate of drug-likeness (QED) is 0.212. The fraction of sp³-hybridized carbons (Fsp3) is 0. The summed E-state index contributed by atoms with van der Waals surface area (Å²) in [6, 6.07) is 37.2. The van der Waals surface area contributed by atoms with Crippen LogP contribution in [0.15, 0.2) is 156 Å². The molecule has 2 heterocycles. The summed E-state index contributed by atoms with van der Waals surface area (Å²) in [6.07, 6.45) is 0. The second-order valence-electron chi connectivity index (χ2n) is 10.1. The highest BCUT2D eigenvalue weighted by molar-refractivity contribution is 6.13. The first-order valence-corrected chi connectivity index (χ1v) is 13.9. The van der Waals surface area contributed by atoms with Crippen molar-refractivity contribution in [3.8, 4) is 56.4 Å². The smallest absolute Gasteiger partial charge is 0.164 e. The van der Waals surface area contributed by atoms with E-state index in [1.165, 1.54) is 0 Å². The van der Waals surface area contributed by atoms with E-state index in [9.17, 15) is 0 Å². The number of benzene rings is 6. The molecule has 0 amide bonds. The molecule has 0 saturated carbocycles. The zero-order valence-electron chi connectivity index (χ0n) is 27.8. The fourth-order valence-electron chi connectivity index (χ4n) is 5.38. The van der Waals surface area contributed by atoms with Crippen LogP contribution in [0.4, 0.5) is 0 Å². The lowest BCUT2D eigenvalue weighted by molar-refractivity contribution is 0.669. The minimum Gasteiger partial charge on any atom is -0.456 e. The van der Waals surface area contributed by atoms with E-state index in [2.05, 4.69) is 18.2 Å². The summed E-state index contributed by atoms with van der Waals surface area (Å²) < 4.78 is 47.6. The zero-order chi connectivity index (χ0) is 32.9. The molecule has 0 atom stereocenters. The van der Waals surface area contributed by atoms with Crippen molar-refractivity contribution in [1.82, 2.24) is 15.0 Å². The highest BCUT2D eigenvalue weighted by atomic mass is 16.3. The number of fused-ring (bicyclic) bond motifs is 3. The maximum atomic E-state index is 8.50. The summed E-state index contributed by atoms with van der Waals surface area (Å²) in [7, 11) is 0. The van der Waals surface area contributed by atoms with Crippen LogP contribution in [0.1, 0.15) is 6.85 Å². The largest absolute Gasteiger partial charge is 0.456 e. The maximum absolute atomic E-state index is 8.50. The molecule has 2 aromatic heterocycles. The molecule has 0 saturated heterocycles. The van der Waals surface area contributed by atoms with Crippen LogP contribution in [-0.4, -0.2) is 15.0 Å². The van der Waals surface area contributed by atoms with Crippen LogP contribution < -0.4 is 0 Å². The van der Waals surface area contributed by atoms with Crippen molar-refractivity contribution >= 4 is 21.9 Å². The Morgan fingerprint density at radius 3 is 1.79 bits per heavy atom. The SMILES string of the molecule is [2H]c1c([2H])c([2H])c(-c2cccc(-c3nc(-c4ccccc4)nc(-c4ccc5oc6cccc(-c7ccccc7)c6c5c4)n3)c2)c([2H])c1[2H]. The molecule has 0 unspecified atom stereocenters. The third kappa shape index (κ3) is 4.65. The molecule has 0 radical (unpaired) electrons. The van der Waals surface area contributed by atoms with E-state index in [1.807, 2.05) is 84.9 Å². The van der Waals surface area contributed by atoms with Crippen LogP contribution >= 0.6 is 0 Å². The van der Waals surface area contributed by atoms with Crippen LogP contribution in [0.3, 0.4) is 0 Å². The van der Waals surface area contributed by atoms with Crippen molar-refractivity contribution in [3.63, 3.8) is 0 Å². The highest BCUT2D eigenvalue weighted by Gasteiger charge is 2.17. The molecule has 8 rings (SSSR count). The molecule has 4 nitrogen and oxygen atoms in total. The van der Waals surface area contributed by atoms with Gasteiger partial charge in [0.05, 0.1) is 6.85 Å². The number of rotatable bonds is 5. The van der Waals surface area contributed by atoms with Crippen molar-refractivity contribution in [2.45, 2.75) is 0 Å². The Bertz CT molecular complexity index is 2490. The van der Waals surface area contributed by atoms with Crippen molar-refractivity contribution in [3.05, 3.63) is 152 Å². The summed E-state index contributed by atoms with van der Waals surface area (Å²) in [5, 5.41) is 1.94. The van der Waals surface area contributed by atoms with E-state index in [4.69, 9.17) is 26.2 Å². The summed E-state index contributed by atoms with van der Waals surface area (Å²) in [5.41, 5.74) is 6.47. The molecule has 0 bridgehead atoms. The van der Waals surface area contributed by atoms with Crippen LogP contribution in [-0.2, 0) is 0 Å². The van der Waals surface area contributed by atoms with E-state index < -0.39 is 6.04 Å². The van der Waals surface area contributed by atoms with Gasteiger partial charge in [-0.1, -0.05) is 121 Å². The summed E-state index contributed by atoms with van der Waals surface area (Å²) >= 11 is 0. The first kappa shape index (κ1) is 20.1. The van der Waals surface area contributed by atoms with Gasteiger partial charge in [-0.05, 0) is 52.6 Å². The van der Waals surface area contributed by atoms with E-state index in [0.29, 0.717) is 28.6 Å². The topological polar surface area (TPSA) is 51.8 Å². The molecule has 0 aliphatic heterocycles. The maximum Gasteiger partial charge on any atom is 0.164 e. The monoisotopic (exact) mass is 556 g/mol. The molecule has 0 aliphatic rings. The van der Waals surface area contributed by atoms with Gasteiger partial charge in [-0.3, -0.25) is 0 Å². The lowest BCUT2D eigenvalue weighted by Gasteiger charge is -2.10. The Labute approximate surface area is 256 Å². The molecule has 0 spiro atoms. The van der Waals surface area contributed by atoms with Gasteiger partial charge in [-0.2, -0.15) is 0 Å². The van der Waals surface area contributed by atoms with Gasteiger partial charge in [0.1, 0.15) is 11.2 Å². The van der Waals surface area contributed by atoms with Crippen LogP contribution in [0, 0.1) is 0 Å². The fourth-order valence-corrected chi connectivity index (χ4v) is 5.38. The first-order valence-electron chi connectivity index (χ1n) is 16.4. The number of aromatic nitrogens is 3. The molecule has 43 heavy (non-hydrogen) atoms. The van der Waals surface area contributed by atoms with Crippen LogP contribution in [0.2, 0.25) is 0 Å². The number of furan rings is 1. The van der Waals surface area contributed by atoms with Gasteiger partial charge in [0.15, 0.2) is 17.5 Å². The molecular weight excluding hydrogens is 526 g/mol. The Morgan fingerprint density at radius 1 is 0.442 bits per heavy atom. The molecule has 0 fully saturated rings. The van der Waals surface area contributed by atoms with Gasteiger partial charge in [0, 0.05) is 27.5 Å². The molecular formula is C39H25N3O. The van der Waals surface area contributed by atoms with E-state index in [1.54, 1.807) is 18.2 Å². The highest BCUT2D eigenvalue weighted by Crippen LogP contribution is 2.38. The van der Waals surface area contributed by atoms with Gasteiger partial charge < -0.3 is 4.42 Å². The third-order valence-corrected chi connectivity index (χ3v) is 7.41. The van der Waals surface area contributed by atoms with Crippen LogP contribution in [0.5, 0.6) is 0 Å². The van der Waals surface area contributed by atoms with Gasteiger partial charge >= 0.3 is 0 Å². The summed E-state index contributed by atoms with van der Waals surface area (Å²) in [5.74, 6) is 1.32. The number of hydrogen-bond donors (Lipinski definition) is 0. The molecule has 8 aromatic rings. The van der Waals surface area contributed by atoms with Gasteiger partial charge in [-0.15, -0.1) is 0 Å². The number of hydrogen-bond acceptors (Lipinski definition) is 4. The minimum absolute atomic E-state index is 0.118. The average Bonchev–Trinajstić information content (AvgIpc) is 3.52. The lowest BCUT2D eigenvalue weighted by Crippen LogP contribution is -2.00. The van der Waals surface area contributed by atoms with Crippen molar-refractivity contribution in [2.75, 3.05) is 0 Å². The van der Waals surface area contributed by atoms with Gasteiger partial charge in [0.25, 0.3) is 0 Å². The molecule has 0 N–H and O–H groups in total. The van der Waals surface area contributed by atoms with Gasteiger partial charge in [0.2, 0.25) is 0 Å². The molecule has 6 aromatic carbocycles. The second kappa shape index (κ2) is 10.5. The Hall–Kier alpha value is -5.87. The number of nitrogens with zero attached hydrogens (tertiary/aromatic N) is 3. The average molecular weight is 557 g/mol. The second-order valence-corrected chi connectivity index (χ2v) is 10.1. The molecule has 0 aliphatic carbocycles. The Balaban J connectivity index is 1.32. The predicted molar refractivity (Wildman–Crippen MR) is 174 cm³/mol. The van der Waals surface area contributed by atoms with Crippen LogP contribution in [0.25, 0.3) is 78.4 Å². The van der Waals surface area contributed by atoms with E-state index in [0.717, 1.165) is 44.2 Å². The molecule has 4 heteroatoms. The minimum atomic E-state index is -0.433. The van der Waals surface area contributed by atoms with E-state index >= 15 is 0 Å². The third-order valence-electron chi connectivity index (χ3n) is 7.41. The van der Waals surface area contributed by atoms with Gasteiger partial charge in [-0.25, -0.2) is 15.0 Å². The standard InChI is InChI=1S/C39H25N3O/c1-4-12-26(13-5-1)29-18-10-19-30(24-29)38-40-37(28-16-8-3-9-17-28)41-39(42-38)31-22-23-34-33(25-31)36-32(20-11-21-35(36)43-34)27-14-6-2-7-15-27/h1-25H/i1D,4D,5D,12D,13D. The predicted octanol–water partition coefficient (Wildman–Crippen LogP) is 10.1. The van der Waals surface area contributed by atoms with Crippen molar-refractivity contribution < 1.29 is 11.3 Å². The zero-order valence-corrected chi connectivity index (χ0v) is 22.8. The Morgan fingerprint density at radius 2 is 1.05 bits per heavy atom. The summed E-state index contributed by atoms with van der Waals surface area (Å²) in [6.45, 7) is 0. The van der Waals surface area contributed by atoms with Crippen molar-refractivity contribution in [2.24, 2.45) is 0 Å². The lowest BCUT2D eigenvalue weighted by atomic mass is 9.99. The van der Waals surface area contributed by atoms with E-state index in [-0.39, 0.29) is 29.7 Å². The Kier molecular flexibility index (Phi) is 4.91. The normalized spacial score (nSPS) is 12.9. The molecule has 202 valence electrons. The first-order chi connectivity index (χ1) is 23.4. The summed E-state index contributed by atoms with van der Waals surface area (Å²) in [4.78, 5) is 14.7.